The summed E-state index contributed by atoms with van der Waals surface area (Å²) < 4.78 is 0. The highest BCUT2D eigenvalue weighted by Crippen LogP contribution is 2.06. The molecule has 5 nitrogen and oxygen atoms in total. The summed E-state index contributed by atoms with van der Waals surface area (Å²) in [6, 6.07) is 6.54. The van der Waals surface area contributed by atoms with E-state index in [-0.39, 0.29) is 11.5 Å². The van der Waals surface area contributed by atoms with Gasteiger partial charge in [0.15, 0.2) is 0 Å². The minimum atomic E-state index is -0.968. The quantitative estimate of drug-likeness (QED) is 0.693. The summed E-state index contributed by atoms with van der Waals surface area (Å²) in [4.78, 5) is 22.4. The number of nitrogens with two attached hydrogens (primary N) is 1. The highest BCUT2D eigenvalue weighted by atomic mass is 16.4. The molecule has 19 heavy (non-hydrogen) atoms. The first-order valence-corrected chi connectivity index (χ1v) is 6.32. The lowest BCUT2D eigenvalue weighted by atomic mass is 10.1. The molecule has 0 saturated carbocycles. The maximum atomic E-state index is 11.6. The Kier molecular flexibility index (Phi) is 6.02. The number of carbonyl (C=O) groups excluding carboxylic acids is 1. The molecule has 4 N–H and O–H groups in total. The summed E-state index contributed by atoms with van der Waals surface area (Å²) in [5, 5.41) is 11.6. The lowest BCUT2D eigenvalue weighted by Crippen LogP contribution is -2.24. The zero-order valence-electron chi connectivity index (χ0n) is 11.1. The maximum absolute atomic E-state index is 11.6. The summed E-state index contributed by atoms with van der Waals surface area (Å²) >= 11 is 0. The van der Waals surface area contributed by atoms with E-state index in [4.69, 9.17) is 10.8 Å². The van der Waals surface area contributed by atoms with Gasteiger partial charge in [-0.05, 0) is 36.6 Å². The predicted octanol–water partition coefficient (Wildman–Crippen LogP) is 1.38. The molecule has 1 atom stereocenters. The van der Waals surface area contributed by atoms with Crippen LogP contribution in [-0.4, -0.2) is 23.5 Å². The third-order valence-corrected chi connectivity index (χ3v) is 2.93. The van der Waals surface area contributed by atoms with Crippen molar-refractivity contribution in [2.24, 2.45) is 11.7 Å². The van der Waals surface area contributed by atoms with Crippen LogP contribution in [0.5, 0.6) is 0 Å². The van der Waals surface area contributed by atoms with Gasteiger partial charge < -0.3 is 16.2 Å². The molecule has 104 valence electrons. The fourth-order valence-electron chi connectivity index (χ4n) is 1.60. The van der Waals surface area contributed by atoms with Crippen LogP contribution in [0.2, 0.25) is 0 Å². The summed E-state index contributed by atoms with van der Waals surface area (Å²) in [6.45, 7) is 2.93. The second kappa shape index (κ2) is 7.53. The van der Waals surface area contributed by atoms with Crippen molar-refractivity contribution in [2.45, 2.75) is 26.3 Å². The minimum Gasteiger partial charge on any atom is -0.478 e. The molecule has 5 heteroatoms. The highest BCUT2D eigenvalue weighted by molar-refractivity contribution is 5.87. The van der Waals surface area contributed by atoms with E-state index in [0.717, 1.165) is 12.0 Å². The summed E-state index contributed by atoms with van der Waals surface area (Å²) in [5.74, 6) is -0.674. The zero-order chi connectivity index (χ0) is 14.3. The van der Waals surface area contributed by atoms with Crippen molar-refractivity contribution in [1.82, 2.24) is 5.32 Å². The average Bonchev–Trinajstić information content (AvgIpc) is 2.42. The third kappa shape index (κ3) is 5.52. The number of hydrogen-bond donors (Lipinski definition) is 3. The first-order valence-electron chi connectivity index (χ1n) is 6.32. The van der Waals surface area contributed by atoms with E-state index in [1.165, 1.54) is 6.07 Å². The van der Waals surface area contributed by atoms with E-state index < -0.39 is 5.97 Å². The topological polar surface area (TPSA) is 92.4 Å². The Hall–Kier alpha value is -1.88. The van der Waals surface area contributed by atoms with E-state index in [9.17, 15) is 9.59 Å². The smallest absolute Gasteiger partial charge is 0.335 e. The Morgan fingerprint density at radius 2 is 2.16 bits per heavy atom. The van der Waals surface area contributed by atoms with Crippen molar-refractivity contribution in [3.8, 4) is 0 Å². The average molecular weight is 264 g/mol. The number of aromatic carboxylic acids is 1. The van der Waals surface area contributed by atoms with Gasteiger partial charge in [0, 0.05) is 13.0 Å². The lowest BCUT2D eigenvalue weighted by Gasteiger charge is -2.09. The van der Waals surface area contributed by atoms with Crippen molar-refractivity contribution in [3.63, 3.8) is 0 Å². The largest absolute Gasteiger partial charge is 0.478 e. The van der Waals surface area contributed by atoms with Crippen LogP contribution in [0.1, 0.15) is 35.7 Å². The van der Waals surface area contributed by atoms with Crippen LogP contribution in [0, 0.1) is 5.92 Å². The van der Waals surface area contributed by atoms with Crippen LogP contribution in [0.25, 0.3) is 0 Å². The van der Waals surface area contributed by atoms with Crippen LogP contribution in [0.3, 0.4) is 0 Å². The SMILES string of the molecule is CC(CN)CCC(=O)NCc1cccc(C(=O)O)c1. The number of rotatable bonds is 7. The van der Waals surface area contributed by atoms with Gasteiger partial charge in [-0.15, -0.1) is 0 Å². The van der Waals surface area contributed by atoms with Crippen LogP contribution >= 0.6 is 0 Å². The van der Waals surface area contributed by atoms with E-state index in [0.29, 0.717) is 25.4 Å². The number of carbonyl (C=O) groups is 2. The lowest BCUT2D eigenvalue weighted by molar-refractivity contribution is -0.121. The molecule has 0 spiro atoms. The van der Waals surface area contributed by atoms with Crippen molar-refractivity contribution in [3.05, 3.63) is 35.4 Å². The van der Waals surface area contributed by atoms with Gasteiger partial charge >= 0.3 is 5.97 Å². The fraction of sp³-hybridized carbons (Fsp3) is 0.429. The monoisotopic (exact) mass is 264 g/mol. The summed E-state index contributed by atoms with van der Waals surface area (Å²) in [5.41, 5.74) is 6.48. The van der Waals surface area contributed by atoms with Gasteiger partial charge in [-0.3, -0.25) is 4.79 Å². The number of benzene rings is 1. The van der Waals surface area contributed by atoms with Gasteiger partial charge in [-0.25, -0.2) is 4.79 Å². The van der Waals surface area contributed by atoms with Gasteiger partial charge in [0.05, 0.1) is 5.56 Å². The molecule has 1 amide bonds. The van der Waals surface area contributed by atoms with E-state index in [1.54, 1.807) is 18.2 Å². The molecule has 0 aromatic heterocycles. The molecule has 1 aromatic carbocycles. The van der Waals surface area contributed by atoms with Crippen molar-refractivity contribution < 1.29 is 14.7 Å². The normalized spacial score (nSPS) is 11.9. The molecule has 1 unspecified atom stereocenters. The Bertz CT molecular complexity index is 446. The highest BCUT2D eigenvalue weighted by Gasteiger charge is 2.06. The molecule has 1 rings (SSSR count). The molecule has 0 saturated heterocycles. The van der Waals surface area contributed by atoms with E-state index in [1.807, 2.05) is 6.92 Å². The Morgan fingerprint density at radius 1 is 1.42 bits per heavy atom. The Balaban J connectivity index is 2.42. The number of carboxylic acids is 1. The summed E-state index contributed by atoms with van der Waals surface area (Å²) in [7, 11) is 0. The van der Waals surface area contributed by atoms with Gasteiger partial charge in [-0.2, -0.15) is 0 Å². The van der Waals surface area contributed by atoms with Gasteiger partial charge in [0.2, 0.25) is 5.91 Å². The Morgan fingerprint density at radius 3 is 2.79 bits per heavy atom. The second-order valence-corrected chi connectivity index (χ2v) is 4.66. The second-order valence-electron chi connectivity index (χ2n) is 4.66. The number of amides is 1. The van der Waals surface area contributed by atoms with Gasteiger partial charge in [0.25, 0.3) is 0 Å². The van der Waals surface area contributed by atoms with Crippen LogP contribution < -0.4 is 11.1 Å². The summed E-state index contributed by atoms with van der Waals surface area (Å²) in [6.07, 6.45) is 1.20. The molecular formula is C14H20N2O3. The minimum absolute atomic E-state index is 0.0407. The number of carboxylic acid groups (broad SMARTS) is 1. The fourth-order valence-corrected chi connectivity index (χ4v) is 1.60. The standard InChI is InChI=1S/C14H20N2O3/c1-10(8-15)5-6-13(17)16-9-11-3-2-4-12(7-11)14(18)19/h2-4,7,10H,5-6,8-9,15H2,1H3,(H,16,17)(H,18,19). The first-order chi connectivity index (χ1) is 9.02. The van der Waals surface area contributed by atoms with Gasteiger partial charge in [0.1, 0.15) is 0 Å². The third-order valence-electron chi connectivity index (χ3n) is 2.93. The van der Waals surface area contributed by atoms with Crippen LogP contribution in [0.15, 0.2) is 24.3 Å². The Labute approximate surface area is 112 Å². The molecular weight excluding hydrogens is 244 g/mol. The molecule has 0 heterocycles. The molecule has 0 radical (unpaired) electrons. The first kappa shape index (κ1) is 15.2. The van der Waals surface area contributed by atoms with Gasteiger partial charge in [-0.1, -0.05) is 19.1 Å². The van der Waals surface area contributed by atoms with Crippen LogP contribution in [-0.2, 0) is 11.3 Å². The molecule has 0 fully saturated rings. The molecule has 1 aromatic rings. The van der Waals surface area contributed by atoms with E-state index in [2.05, 4.69) is 5.32 Å². The van der Waals surface area contributed by atoms with Crippen molar-refractivity contribution in [2.75, 3.05) is 6.54 Å². The molecule has 0 bridgehead atoms. The molecule has 0 aliphatic heterocycles. The zero-order valence-corrected chi connectivity index (χ0v) is 11.1. The van der Waals surface area contributed by atoms with E-state index >= 15 is 0 Å². The molecule has 0 aliphatic carbocycles. The predicted molar refractivity (Wildman–Crippen MR) is 72.7 cm³/mol. The van der Waals surface area contributed by atoms with Crippen molar-refractivity contribution in [1.29, 1.82) is 0 Å². The number of nitrogens with one attached hydrogen (secondary N) is 1. The maximum Gasteiger partial charge on any atom is 0.335 e. The van der Waals surface area contributed by atoms with Crippen LogP contribution in [0.4, 0.5) is 0 Å². The molecule has 0 aliphatic rings. The number of hydrogen-bond acceptors (Lipinski definition) is 3. The van der Waals surface area contributed by atoms with Crippen molar-refractivity contribution >= 4 is 11.9 Å².